The van der Waals surface area contributed by atoms with E-state index < -0.39 is 23.4 Å². The van der Waals surface area contributed by atoms with E-state index in [1.54, 1.807) is 7.05 Å². The fourth-order valence-corrected chi connectivity index (χ4v) is 3.77. The summed E-state index contributed by atoms with van der Waals surface area (Å²) < 4.78 is 28.4. The molecule has 0 saturated heterocycles. The molecular weight excluding hydrogens is 414 g/mol. The first-order chi connectivity index (χ1) is 14.4. The number of halogens is 3. The zero-order valence-corrected chi connectivity index (χ0v) is 16.1. The van der Waals surface area contributed by atoms with E-state index in [9.17, 15) is 18.4 Å². The lowest BCUT2D eigenvalue weighted by Crippen LogP contribution is -2.29. The number of imide groups is 1. The van der Waals surface area contributed by atoms with E-state index in [4.69, 9.17) is 11.6 Å². The summed E-state index contributed by atoms with van der Waals surface area (Å²) >= 11 is 5.83. The van der Waals surface area contributed by atoms with Crippen molar-refractivity contribution in [3.63, 3.8) is 0 Å². The predicted octanol–water partition coefficient (Wildman–Crippen LogP) is 4.37. The second-order valence-corrected chi connectivity index (χ2v) is 7.18. The highest BCUT2D eigenvalue weighted by molar-refractivity contribution is 6.38. The van der Waals surface area contributed by atoms with Crippen molar-refractivity contribution in [2.45, 2.75) is 0 Å². The van der Waals surface area contributed by atoms with Crippen LogP contribution < -0.4 is 4.90 Å². The summed E-state index contributed by atoms with van der Waals surface area (Å²) in [5.74, 6) is -2.26. The SMILES string of the molecule is Cn1nc(-c2ccc(F)cc2)c2c3c(cnc21)C(=O)N(c1ccc(F)c(Cl)c1)C3=O. The average molecular weight is 425 g/mol. The molecule has 3 heterocycles. The number of amides is 2. The third kappa shape index (κ3) is 2.54. The minimum atomic E-state index is -0.660. The largest absolute Gasteiger partial charge is 0.268 e. The molecule has 0 bridgehead atoms. The van der Waals surface area contributed by atoms with Gasteiger partial charge in [0.15, 0.2) is 5.65 Å². The molecule has 0 N–H and O–H groups in total. The summed E-state index contributed by atoms with van der Waals surface area (Å²) in [4.78, 5) is 31.5. The number of nitrogens with zero attached hydrogens (tertiary/aromatic N) is 4. The zero-order valence-electron chi connectivity index (χ0n) is 15.4. The van der Waals surface area contributed by atoms with Gasteiger partial charge in [-0.3, -0.25) is 9.59 Å². The second kappa shape index (κ2) is 6.43. The van der Waals surface area contributed by atoms with Gasteiger partial charge < -0.3 is 0 Å². The van der Waals surface area contributed by atoms with Crippen molar-refractivity contribution in [2.24, 2.45) is 7.05 Å². The third-order valence-corrected chi connectivity index (χ3v) is 5.27. The molecule has 5 rings (SSSR count). The molecule has 0 fully saturated rings. The van der Waals surface area contributed by atoms with Gasteiger partial charge in [0.05, 0.1) is 27.2 Å². The molecular formula is C21H11ClF2N4O2. The Bertz CT molecular complexity index is 1380. The van der Waals surface area contributed by atoms with Crippen LogP contribution in [-0.2, 0) is 7.05 Å². The van der Waals surface area contributed by atoms with Gasteiger partial charge in [-0.25, -0.2) is 23.3 Å². The van der Waals surface area contributed by atoms with Crippen LogP contribution >= 0.6 is 11.6 Å². The quantitative estimate of drug-likeness (QED) is 0.448. The van der Waals surface area contributed by atoms with Crippen LogP contribution in [0, 0.1) is 11.6 Å². The number of aromatic nitrogens is 3. The maximum Gasteiger partial charge on any atom is 0.267 e. The first-order valence-electron chi connectivity index (χ1n) is 8.82. The van der Waals surface area contributed by atoms with Crippen molar-refractivity contribution < 1.29 is 18.4 Å². The highest BCUT2D eigenvalue weighted by Gasteiger charge is 2.40. The van der Waals surface area contributed by atoms with Gasteiger partial charge in [-0.15, -0.1) is 0 Å². The van der Waals surface area contributed by atoms with Crippen LogP contribution in [0.4, 0.5) is 14.5 Å². The number of carbonyl (C=O) groups excluding carboxylic acids is 2. The van der Waals surface area contributed by atoms with E-state index in [1.165, 1.54) is 47.3 Å². The summed E-state index contributed by atoms with van der Waals surface area (Å²) in [6, 6.07) is 9.25. The standard InChI is InChI=1S/C21H11ClF2N4O2/c1-27-19-17(18(26-27)10-2-4-11(23)5-3-10)16-13(9-25-19)20(29)28(21(16)30)12-6-7-15(24)14(22)8-12/h2-9H,1H3. The van der Waals surface area contributed by atoms with E-state index in [0.717, 1.165) is 11.0 Å². The highest BCUT2D eigenvalue weighted by Crippen LogP contribution is 2.37. The summed E-state index contributed by atoms with van der Waals surface area (Å²) in [6.45, 7) is 0. The Morgan fingerprint density at radius 3 is 2.43 bits per heavy atom. The monoisotopic (exact) mass is 424 g/mol. The number of aryl methyl sites for hydroxylation is 1. The van der Waals surface area contributed by atoms with Crippen molar-refractivity contribution in [3.8, 4) is 11.3 Å². The molecule has 2 amide bonds. The smallest absolute Gasteiger partial charge is 0.267 e. The van der Waals surface area contributed by atoms with Gasteiger partial charge in [-0.2, -0.15) is 5.10 Å². The normalized spacial score (nSPS) is 13.4. The van der Waals surface area contributed by atoms with Crippen molar-refractivity contribution in [2.75, 3.05) is 4.90 Å². The number of hydrogen-bond acceptors (Lipinski definition) is 4. The van der Waals surface area contributed by atoms with E-state index in [1.807, 2.05) is 0 Å². The first kappa shape index (κ1) is 18.4. The Morgan fingerprint density at radius 2 is 1.73 bits per heavy atom. The minimum Gasteiger partial charge on any atom is -0.268 e. The van der Waals surface area contributed by atoms with E-state index in [0.29, 0.717) is 22.3 Å². The molecule has 0 aliphatic carbocycles. The molecule has 1 aliphatic rings. The molecule has 6 nitrogen and oxygen atoms in total. The third-order valence-electron chi connectivity index (χ3n) is 4.98. The summed E-state index contributed by atoms with van der Waals surface area (Å²) in [7, 11) is 1.66. The van der Waals surface area contributed by atoms with Gasteiger partial charge >= 0.3 is 0 Å². The molecule has 0 unspecified atom stereocenters. The summed E-state index contributed by atoms with van der Waals surface area (Å²) in [5, 5.41) is 4.61. The number of hydrogen-bond donors (Lipinski definition) is 0. The number of fused-ring (bicyclic) bond motifs is 3. The number of carbonyl (C=O) groups is 2. The first-order valence-corrected chi connectivity index (χ1v) is 9.20. The van der Waals surface area contributed by atoms with Crippen LogP contribution in [0.15, 0.2) is 48.7 Å². The molecule has 0 spiro atoms. The van der Waals surface area contributed by atoms with E-state index in [-0.39, 0.29) is 21.8 Å². The Morgan fingerprint density at radius 1 is 1.00 bits per heavy atom. The fraction of sp³-hybridized carbons (Fsp3) is 0.0476. The van der Waals surface area contributed by atoms with Crippen LogP contribution in [0.5, 0.6) is 0 Å². The highest BCUT2D eigenvalue weighted by atomic mass is 35.5. The Balaban J connectivity index is 1.75. The van der Waals surface area contributed by atoms with Crippen molar-refractivity contribution in [1.82, 2.24) is 14.8 Å². The molecule has 4 aromatic rings. The van der Waals surface area contributed by atoms with Gasteiger partial charge in [0.25, 0.3) is 11.8 Å². The maximum absolute atomic E-state index is 13.6. The Labute approximate surface area is 173 Å². The van der Waals surface area contributed by atoms with Gasteiger partial charge in [0, 0.05) is 18.8 Å². The number of anilines is 1. The lowest BCUT2D eigenvalue weighted by Gasteiger charge is -2.14. The van der Waals surface area contributed by atoms with E-state index in [2.05, 4.69) is 10.1 Å². The fourth-order valence-electron chi connectivity index (χ4n) is 3.60. The molecule has 148 valence electrons. The van der Waals surface area contributed by atoms with Gasteiger partial charge in [0.2, 0.25) is 0 Å². The number of rotatable bonds is 2. The van der Waals surface area contributed by atoms with Crippen LogP contribution in [0.25, 0.3) is 22.3 Å². The van der Waals surface area contributed by atoms with Crippen LogP contribution in [0.2, 0.25) is 5.02 Å². The van der Waals surface area contributed by atoms with Crippen LogP contribution in [0.3, 0.4) is 0 Å². The molecule has 0 saturated carbocycles. The van der Waals surface area contributed by atoms with Crippen molar-refractivity contribution in [3.05, 3.63) is 76.4 Å². The van der Waals surface area contributed by atoms with E-state index >= 15 is 0 Å². The topological polar surface area (TPSA) is 68.1 Å². The van der Waals surface area contributed by atoms with Gasteiger partial charge in [-0.05, 0) is 42.5 Å². The second-order valence-electron chi connectivity index (χ2n) is 6.77. The summed E-state index contributed by atoms with van der Waals surface area (Å²) in [5.41, 5.74) is 1.75. The average Bonchev–Trinajstić information content (AvgIpc) is 3.19. The predicted molar refractivity (Wildman–Crippen MR) is 106 cm³/mol. The van der Waals surface area contributed by atoms with Gasteiger partial charge in [-0.1, -0.05) is 11.6 Å². The molecule has 2 aromatic heterocycles. The number of benzene rings is 2. The molecule has 2 aromatic carbocycles. The minimum absolute atomic E-state index is 0.101. The zero-order chi connectivity index (χ0) is 21.2. The molecule has 1 aliphatic heterocycles. The lowest BCUT2D eigenvalue weighted by atomic mass is 10.0. The Kier molecular flexibility index (Phi) is 3.94. The van der Waals surface area contributed by atoms with Gasteiger partial charge in [0.1, 0.15) is 17.3 Å². The summed E-state index contributed by atoms with van der Waals surface area (Å²) in [6.07, 6.45) is 1.32. The van der Waals surface area contributed by atoms with Crippen molar-refractivity contribution >= 4 is 40.1 Å². The maximum atomic E-state index is 13.6. The molecule has 0 atom stereocenters. The Hall–Kier alpha value is -3.65. The van der Waals surface area contributed by atoms with Crippen molar-refractivity contribution in [1.29, 1.82) is 0 Å². The van der Waals surface area contributed by atoms with Crippen LogP contribution in [0.1, 0.15) is 20.7 Å². The van der Waals surface area contributed by atoms with Crippen LogP contribution in [-0.4, -0.2) is 26.6 Å². The number of pyridine rings is 1. The molecule has 9 heteroatoms. The molecule has 0 radical (unpaired) electrons. The molecule has 30 heavy (non-hydrogen) atoms. The lowest BCUT2D eigenvalue weighted by molar-refractivity contribution is 0.0926.